The molecule has 98 valence electrons. The zero-order chi connectivity index (χ0) is 12.8. The number of hydrogen-bond acceptors (Lipinski definition) is 3. The molecule has 0 aromatic carbocycles. The van der Waals surface area contributed by atoms with Crippen LogP contribution in [0.1, 0.15) is 26.2 Å². The van der Waals surface area contributed by atoms with Gasteiger partial charge in [-0.25, -0.2) is 0 Å². The van der Waals surface area contributed by atoms with Crippen LogP contribution in [0.3, 0.4) is 0 Å². The van der Waals surface area contributed by atoms with Crippen LogP contribution in [0.25, 0.3) is 0 Å². The summed E-state index contributed by atoms with van der Waals surface area (Å²) in [4.78, 5) is 18.5. The monoisotopic (exact) mass is 247 g/mol. The molecule has 1 aromatic rings. The molecule has 0 radical (unpaired) electrons. The molecule has 1 aliphatic heterocycles. The van der Waals surface area contributed by atoms with E-state index in [2.05, 4.69) is 22.1 Å². The van der Waals surface area contributed by atoms with Crippen LogP contribution in [0.2, 0.25) is 0 Å². The van der Waals surface area contributed by atoms with Crippen LogP contribution >= 0.6 is 0 Å². The van der Waals surface area contributed by atoms with Gasteiger partial charge in [-0.1, -0.05) is 6.92 Å². The Morgan fingerprint density at radius 1 is 1.39 bits per heavy atom. The van der Waals surface area contributed by atoms with E-state index in [9.17, 15) is 4.79 Å². The minimum absolute atomic E-state index is 0.150. The van der Waals surface area contributed by atoms with Gasteiger partial charge in [0.05, 0.1) is 0 Å². The van der Waals surface area contributed by atoms with Crippen molar-refractivity contribution in [3.8, 4) is 0 Å². The zero-order valence-corrected chi connectivity index (χ0v) is 10.9. The highest BCUT2D eigenvalue weighted by molar-refractivity contribution is 5.92. The first-order valence-corrected chi connectivity index (χ1v) is 6.73. The van der Waals surface area contributed by atoms with Gasteiger partial charge in [0.25, 0.3) is 0 Å². The van der Waals surface area contributed by atoms with Gasteiger partial charge in [-0.15, -0.1) is 0 Å². The predicted molar refractivity (Wildman–Crippen MR) is 72.3 cm³/mol. The molecule has 2 heterocycles. The number of nitrogens with one attached hydrogen (secondary N) is 1. The molecule has 4 heteroatoms. The number of pyridine rings is 1. The van der Waals surface area contributed by atoms with Crippen molar-refractivity contribution < 1.29 is 4.79 Å². The summed E-state index contributed by atoms with van der Waals surface area (Å²) in [7, 11) is 0. The maximum atomic E-state index is 12.1. The number of aromatic nitrogens is 1. The molecule has 1 fully saturated rings. The SMILES string of the molecule is CCCN1CCC(C(=O)Nc2ccncc2)CC1. The van der Waals surface area contributed by atoms with E-state index in [0.717, 1.165) is 38.2 Å². The highest BCUT2D eigenvalue weighted by Crippen LogP contribution is 2.19. The average Bonchev–Trinajstić information content (AvgIpc) is 2.41. The van der Waals surface area contributed by atoms with Gasteiger partial charge in [-0.3, -0.25) is 9.78 Å². The summed E-state index contributed by atoms with van der Waals surface area (Å²) < 4.78 is 0. The van der Waals surface area contributed by atoms with Gasteiger partial charge >= 0.3 is 0 Å². The topological polar surface area (TPSA) is 45.2 Å². The van der Waals surface area contributed by atoms with E-state index in [-0.39, 0.29) is 11.8 Å². The van der Waals surface area contributed by atoms with Crippen LogP contribution in [-0.2, 0) is 4.79 Å². The third kappa shape index (κ3) is 3.53. The molecule has 0 bridgehead atoms. The van der Waals surface area contributed by atoms with Gasteiger partial charge in [0.15, 0.2) is 0 Å². The number of hydrogen-bond donors (Lipinski definition) is 1. The smallest absolute Gasteiger partial charge is 0.227 e. The molecular weight excluding hydrogens is 226 g/mol. The Morgan fingerprint density at radius 3 is 2.67 bits per heavy atom. The van der Waals surface area contributed by atoms with Gasteiger partial charge in [0.1, 0.15) is 0 Å². The molecule has 4 nitrogen and oxygen atoms in total. The van der Waals surface area contributed by atoms with Crippen LogP contribution in [0.15, 0.2) is 24.5 Å². The summed E-state index contributed by atoms with van der Waals surface area (Å²) in [6.07, 6.45) is 6.51. The van der Waals surface area contributed by atoms with E-state index in [1.807, 2.05) is 12.1 Å². The first-order valence-electron chi connectivity index (χ1n) is 6.73. The molecule has 2 rings (SSSR count). The number of rotatable bonds is 4. The second kappa shape index (κ2) is 6.50. The number of likely N-dealkylation sites (tertiary alicyclic amines) is 1. The lowest BCUT2D eigenvalue weighted by Crippen LogP contribution is -2.38. The Labute approximate surface area is 108 Å². The number of anilines is 1. The van der Waals surface area contributed by atoms with Crippen molar-refractivity contribution in [1.29, 1.82) is 0 Å². The van der Waals surface area contributed by atoms with Crippen molar-refractivity contribution in [3.05, 3.63) is 24.5 Å². The summed E-state index contributed by atoms with van der Waals surface area (Å²) in [6, 6.07) is 3.65. The van der Waals surface area contributed by atoms with Crippen molar-refractivity contribution in [3.63, 3.8) is 0 Å². The first kappa shape index (κ1) is 13.0. The standard InChI is InChI=1S/C14H21N3O/c1-2-9-17-10-5-12(6-11-17)14(18)16-13-3-7-15-8-4-13/h3-4,7-8,12H,2,5-6,9-11H2,1H3,(H,15,16,18). The van der Waals surface area contributed by atoms with Crippen molar-refractivity contribution in [2.24, 2.45) is 5.92 Å². The maximum Gasteiger partial charge on any atom is 0.227 e. The molecular formula is C14H21N3O. The number of carbonyl (C=O) groups excluding carboxylic acids is 1. The molecule has 1 aromatic heterocycles. The fourth-order valence-corrected chi connectivity index (χ4v) is 2.41. The second-order valence-corrected chi connectivity index (χ2v) is 4.84. The molecule has 0 aliphatic carbocycles. The predicted octanol–water partition coefficient (Wildman–Crippen LogP) is 2.14. The lowest BCUT2D eigenvalue weighted by atomic mass is 9.96. The van der Waals surface area contributed by atoms with E-state index in [0.29, 0.717) is 0 Å². The second-order valence-electron chi connectivity index (χ2n) is 4.84. The minimum atomic E-state index is 0.150. The van der Waals surface area contributed by atoms with Crippen LogP contribution in [-0.4, -0.2) is 35.4 Å². The fourth-order valence-electron chi connectivity index (χ4n) is 2.41. The first-order chi connectivity index (χ1) is 8.79. The quantitative estimate of drug-likeness (QED) is 0.886. The molecule has 0 saturated carbocycles. The summed E-state index contributed by atoms with van der Waals surface area (Å²) in [5.74, 6) is 0.309. The minimum Gasteiger partial charge on any atom is -0.326 e. The Bertz CT molecular complexity index is 372. The van der Waals surface area contributed by atoms with E-state index in [1.165, 1.54) is 6.42 Å². The molecule has 1 aliphatic rings. The summed E-state index contributed by atoms with van der Waals surface area (Å²) in [5.41, 5.74) is 0.839. The van der Waals surface area contributed by atoms with Gasteiger partial charge in [0.2, 0.25) is 5.91 Å². The van der Waals surface area contributed by atoms with E-state index < -0.39 is 0 Å². The Kier molecular flexibility index (Phi) is 4.70. The normalized spacial score (nSPS) is 17.6. The van der Waals surface area contributed by atoms with Gasteiger partial charge < -0.3 is 10.2 Å². The number of piperidine rings is 1. The van der Waals surface area contributed by atoms with Gasteiger partial charge in [-0.2, -0.15) is 0 Å². The number of nitrogens with zero attached hydrogens (tertiary/aromatic N) is 2. The van der Waals surface area contributed by atoms with Crippen LogP contribution in [0.4, 0.5) is 5.69 Å². The lowest BCUT2D eigenvalue weighted by Gasteiger charge is -2.30. The summed E-state index contributed by atoms with van der Waals surface area (Å²) in [6.45, 7) is 5.44. The van der Waals surface area contributed by atoms with Crippen molar-refractivity contribution in [1.82, 2.24) is 9.88 Å². The van der Waals surface area contributed by atoms with Crippen molar-refractivity contribution >= 4 is 11.6 Å². The highest BCUT2D eigenvalue weighted by Gasteiger charge is 2.24. The average molecular weight is 247 g/mol. The van der Waals surface area contributed by atoms with E-state index in [4.69, 9.17) is 0 Å². The molecule has 0 unspecified atom stereocenters. The van der Waals surface area contributed by atoms with Crippen LogP contribution in [0, 0.1) is 5.92 Å². The van der Waals surface area contributed by atoms with Gasteiger partial charge in [0, 0.05) is 24.0 Å². The zero-order valence-electron chi connectivity index (χ0n) is 10.9. The Balaban J connectivity index is 1.81. The molecule has 0 atom stereocenters. The molecule has 0 spiro atoms. The van der Waals surface area contributed by atoms with Crippen molar-refractivity contribution in [2.45, 2.75) is 26.2 Å². The highest BCUT2D eigenvalue weighted by atomic mass is 16.1. The van der Waals surface area contributed by atoms with Crippen LogP contribution < -0.4 is 5.32 Å². The van der Waals surface area contributed by atoms with Crippen LogP contribution in [0.5, 0.6) is 0 Å². The summed E-state index contributed by atoms with van der Waals surface area (Å²) >= 11 is 0. The molecule has 1 amide bonds. The van der Waals surface area contributed by atoms with Crippen molar-refractivity contribution in [2.75, 3.05) is 25.0 Å². The Hall–Kier alpha value is -1.42. The van der Waals surface area contributed by atoms with E-state index >= 15 is 0 Å². The third-order valence-electron chi connectivity index (χ3n) is 3.45. The van der Waals surface area contributed by atoms with E-state index in [1.54, 1.807) is 12.4 Å². The lowest BCUT2D eigenvalue weighted by molar-refractivity contribution is -0.121. The number of amides is 1. The molecule has 1 N–H and O–H groups in total. The van der Waals surface area contributed by atoms with Gasteiger partial charge in [-0.05, 0) is 51.0 Å². The maximum absolute atomic E-state index is 12.1. The number of carbonyl (C=O) groups is 1. The fraction of sp³-hybridized carbons (Fsp3) is 0.571. The molecule has 18 heavy (non-hydrogen) atoms. The largest absolute Gasteiger partial charge is 0.326 e. The Morgan fingerprint density at radius 2 is 2.06 bits per heavy atom. The third-order valence-corrected chi connectivity index (χ3v) is 3.45. The summed E-state index contributed by atoms with van der Waals surface area (Å²) in [5, 5.41) is 2.96. The molecule has 1 saturated heterocycles.